The minimum Gasteiger partial charge on any atom is -0.497 e. The number of aliphatic hydroxyl groups excluding tert-OH is 2. The standard InChI is InChI=1S/C27H31N7O2.C26H30N6O3.C22H22FN5O2.C20H17Cl2N5O.2H2S/c1-32-16-18(13-30-32)27-15-29-25-5-4-20(11-26(25)31-27)34(7-6-33-17-19-8-22(33)14-28-19)21-9-23(35-2)12-24(10-21)36-3;1-34-22-11-21(12-23(14-22)35-2)31(9-10-33)20-3-4-24-25(13-20)30-26(16-28-24)18-15-29-32(17-18)19-5-7-27-8-6-19;1-27-14-15(12-25-27)22-13-24-20-5-4-16(10-21(20)26-22)28(7-6-23)17-8-18(29-2)11-19(9-17)30-3;1-26-12-13(10-24-26)20-11-23-18-3-2-16(9-19(18)25-20)27(4-5-28)17-7-14(21)6-15(22)8-17;;/h4-5,9-13,15-16,19,22,28H,6-8,14,17H2,1-3H3;3-4,11-17,19,27,33H,5-10H2,1-2H3;4-5,8-14H,6-7H2,1-3H3;2-3,6-12,28H,4-5H2,1H3;2*1H2/t19-,22-;;;;;/m0...../s1. The fourth-order valence-electron chi connectivity index (χ4n) is 16.2. The smallest absolute Gasteiger partial charge is 0.124 e. The number of halogens is 3. The Bertz CT molecular complexity index is 6500. The van der Waals surface area contributed by atoms with Crippen molar-refractivity contribution in [3.8, 4) is 79.5 Å². The number of hydrogen-bond acceptors (Lipinski definition) is 27. The maximum Gasteiger partial charge on any atom is 0.124 e. The Morgan fingerprint density at radius 3 is 1.04 bits per heavy atom. The third-order valence-corrected chi connectivity index (χ3v) is 23.2. The Kier molecular flexibility index (Phi) is 31.3. The summed E-state index contributed by atoms with van der Waals surface area (Å²) in [6, 6.07) is 47.8. The number of piperazine rings is 1. The van der Waals surface area contributed by atoms with Crippen molar-refractivity contribution < 1.29 is 43.0 Å². The first-order valence-electron chi connectivity index (χ1n) is 42.2. The van der Waals surface area contributed by atoms with Crippen molar-refractivity contribution in [3.05, 3.63) is 230 Å². The fourth-order valence-corrected chi connectivity index (χ4v) is 16.7. The van der Waals surface area contributed by atoms with Crippen LogP contribution in [-0.2, 0) is 21.1 Å². The Labute approximate surface area is 781 Å². The molecule has 2 bridgehead atoms. The lowest BCUT2D eigenvalue weighted by Gasteiger charge is -2.32. The predicted molar refractivity (Wildman–Crippen MR) is 523 cm³/mol. The van der Waals surface area contributed by atoms with Gasteiger partial charge in [-0.05, 0) is 123 Å². The van der Waals surface area contributed by atoms with Gasteiger partial charge in [-0.3, -0.25) is 43.6 Å². The number of aliphatic hydroxyl groups is 2. The molecule has 3 aliphatic rings. The molecular formula is C95H104Cl2FN23O8S2. The third kappa shape index (κ3) is 22.5. The van der Waals surface area contributed by atoms with Crippen LogP contribution in [0, 0.1) is 0 Å². The van der Waals surface area contributed by atoms with Crippen LogP contribution in [0.5, 0.6) is 34.5 Å². The second-order valence-electron chi connectivity index (χ2n) is 31.2. The van der Waals surface area contributed by atoms with Crippen molar-refractivity contribution >= 4 is 140 Å². The molecular weight excluding hydrogens is 1750 g/mol. The summed E-state index contributed by atoms with van der Waals surface area (Å²) in [5, 5.41) is 44.7. The molecule has 31 nitrogen and oxygen atoms in total. The summed E-state index contributed by atoms with van der Waals surface area (Å²) in [7, 11) is 15.4. The van der Waals surface area contributed by atoms with Gasteiger partial charge in [-0.25, -0.2) is 24.3 Å². The topological polar surface area (TPSA) is 310 Å². The molecule has 0 aliphatic carbocycles. The van der Waals surface area contributed by atoms with Gasteiger partial charge in [0.05, 0.1) is 185 Å². The number of likely N-dealkylation sites (tertiary alicyclic amines) is 1. The van der Waals surface area contributed by atoms with E-state index in [-0.39, 0.29) is 46.7 Å². The number of fused-ring (bicyclic) bond motifs is 6. The molecule has 680 valence electrons. The van der Waals surface area contributed by atoms with E-state index in [0.717, 1.165) is 193 Å². The molecule has 0 radical (unpaired) electrons. The quantitative estimate of drug-likeness (QED) is 0.0354. The van der Waals surface area contributed by atoms with E-state index in [1.807, 2.05) is 176 Å². The number of hydrogen-bond donors (Lipinski definition) is 4. The predicted octanol–water partition coefficient (Wildman–Crippen LogP) is 15.6. The molecule has 0 amide bonds. The molecule has 36 heteroatoms. The van der Waals surface area contributed by atoms with E-state index in [2.05, 4.69) is 95.9 Å². The SMILES string of the molecule is COc1cc(OC)cc(N(CCF)c2ccc3ncc(-c4cnn(C)c4)nc3c2)c1.COc1cc(OC)cc(N(CCN2C[C@@H]3C[C@H]2CN3)c2ccc3ncc(-c4cnn(C)c4)nc3c2)c1.COc1cc(OC)cc(N(CCO)c2ccc3ncc(-c4cnn(C5CCNCC5)c4)nc3c2)c1.Cn1cc(-c2cnc3ccc(N(CCO)c4cc(Cl)cc(Cl)c4)cc3n2)cn1.S.S. The van der Waals surface area contributed by atoms with Crippen LogP contribution in [0.1, 0.15) is 25.3 Å². The first kappa shape index (κ1) is 94.1. The maximum absolute atomic E-state index is 13.4. The number of nitrogens with one attached hydrogen (secondary N) is 2. The second kappa shape index (κ2) is 43.6. The van der Waals surface area contributed by atoms with E-state index in [1.54, 1.807) is 106 Å². The number of methoxy groups -OCH3 is 6. The molecule has 11 heterocycles. The van der Waals surface area contributed by atoms with Gasteiger partial charge in [-0.1, -0.05) is 23.2 Å². The largest absolute Gasteiger partial charge is 0.497 e. The van der Waals surface area contributed by atoms with Crippen molar-refractivity contribution in [2.24, 2.45) is 21.1 Å². The summed E-state index contributed by atoms with van der Waals surface area (Å²) in [5.41, 5.74) is 20.1. The van der Waals surface area contributed by atoms with Gasteiger partial charge < -0.3 is 68.9 Å². The first-order valence-corrected chi connectivity index (χ1v) is 43.0. The van der Waals surface area contributed by atoms with Gasteiger partial charge in [-0.2, -0.15) is 47.4 Å². The number of nitrogens with zero attached hydrogens (tertiary/aromatic N) is 21. The number of benzene rings is 8. The highest BCUT2D eigenvalue weighted by atomic mass is 35.5. The third-order valence-electron chi connectivity index (χ3n) is 22.8. The molecule has 3 saturated heterocycles. The molecule has 3 aliphatic heterocycles. The molecule has 8 aromatic heterocycles. The molecule has 4 N–H and O–H groups in total. The minimum absolute atomic E-state index is 0. The van der Waals surface area contributed by atoms with E-state index in [4.69, 9.17) is 71.6 Å². The molecule has 0 unspecified atom stereocenters. The van der Waals surface area contributed by atoms with Gasteiger partial charge in [0.15, 0.2) is 0 Å². The van der Waals surface area contributed by atoms with E-state index >= 15 is 0 Å². The monoisotopic (exact) mass is 1850 g/mol. The van der Waals surface area contributed by atoms with Gasteiger partial charge in [0.25, 0.3) is 0 Å². The van der Waals surface area contributed by atoms with Crippen LogP contribution in [0.2, 0.25) is 10.0 Å². The summed E-state index contributed by atoms with van der Waals surface area (Å²) in [6.45, 7) is 6.44. The van der Waals surface area contributed by atoms with E-state index < -0.39 is 6.67 Å². The maximum atomic E-state index is 13.4. The van der Waals surface area contributed by atoms with Crippen molar-refractivity contribution in [2.45, 2.75) is 37.4 Å². The van der Waals surface area contributed by atoms with Crippen LogP contribution in [0.3, 0.4) is 0 Å². The Hall–Kier alpha value is -13.0. The van der Waals surface area contributed by atoms with Crippen LogP contribution in [0.15, 0.2) is 220 Å². The molecule has 3 fully saturated rings. The molecule has 2 atom stereocenters. The van der Waals surface area contributed by atoms with E-state index in [1.165, 1.54) is 6.42 Å². The Balaban J connectivity index is 0.000000141. The van der Waals surface area contributed by atoms with Crippen molar-refractivity contribution in [2.75, 3.05) is 141 Å². The Morgan fingerprint density at radius 2 is 0.725 bits per heavy atom. The normalized spacial score (nSPS) is 14.0. The van der Waals surface area contributed by atoms with Crippen molar-refractivity contribution in [1.29, 1.82) is 0 Å². The zero-order valence-electron chi connectivity index (χ0n) is 74.0. The average molecular weight is 1850 g/mol. The number of aryl methyl sites for hydroxylation is 3. The Morgan fingerprint density at radius 1 is 0.389 bits per heavy atom. The zero-order chi connectivity index (χ0) is 89.6. The van der Waals surface area contributed by atoms with E-state index in [0.29, 0.717) is 69.8 Å². The lowest BCUT2D eigenvalue weighted by Crippen LogP contribution is -2.46. The molecule has 19 rings (SSSR count). The number of aromatic nitrogens is 16. The van der Waals surface area contributed by atoms with Crippen LogP contribution in [0.25, 0.3) is 89.2 Å². The highest BCUT2D eigenvalue weighted by Crippen LogP contribution is 2.41. The number of anilines is 8. The number of piperidine rings is 1. The highest BCUT2D eigenvalue weighted by molar-refractivity contribution is 7.59. The van der Waals surface area contributed by atoms with E-state index in [9.17, 15) is 14.6 Å². The number of ether oxygens (including phenoxy) is 6. The minimum atomic E-state index is -0.515. The summed E-state index contributed by atoms with van der Waals surface area (Å²) in [5.74, 6) is 4.14. The lowest BCUT2D eigenvalue weighted by atomic mass is 10.1. The summed E-state index contributed by atoms with van der Waals surface area (Å²) >= 11 is 12.3. The summed E-state index contributed by atoms with van der Waals surface area (Å²) in [6.07, 6.45) is 25.4. The van der Waals surface area contributed by atoms with Crippen molar-refractivity contribution in [1.82, 2.24) is 94.5 Å². The van der Waals surface area contributed by atoms with Crippen LogP contribution in [0.4, 0.5) is 49.9 Å². The average Bonchev–Trinajstić information content (AvgIpc) is 1.66. The zero-order valence-corrected chi connectivity index (χ0v) is 77.5. The summed E-state index contributed by atoms with van der Waals surface area (Å²) in [4.78, 5) is 48.3. The number of alkyl halides is 1. The number of rotatable bonds is 28. The van der Waals surface area contributed by atoms with Gasteiger partial charge in [0.2, 0.25) is 0 Å². The highest BCUT2D eigenvalue weighted by Gasteiger charge is 2.37. The molecule has 0 spiro atoms. The van der Waals surface area contributed by atoms with Gasteiger partial charge >= 0.3 is 0 Å². The molecule has 131 heavy (non-hydrogen) atoms. The molecule has 16 aromatic rings. The fraction of sp³-hybridized carbons (Fsp3) is 0.284. The second-order valence-corrected chi connectivity index (χ2v) is 32.1. The molecule has 8 aromatic carbocycles. The first-order chi connectivity index (χ1) is 62.9. The van der Waals surface area contributed by atoms with Crippen LogP contribution in [-0.4, -0.2) is 228 Å². The summed E-state index contributed by atoms with van der Waals surface area (Å²) < 4.78 is 53.5. The van der Waals surface area contributed by atoms with Gasteiger partial charge in [0.1, 0.15) is 41.2 Å². The van der Waals surface area contributed by atoms with Gasteiger partial charge in [0, 0.05) is 230 Å². The van der Waals surface area contributed by atoms with Crippen molar-refractivity contribution in [3.63, 3.8) is 0 Å². The van der Waals surface area contributed by atoms with Crippen LogP contribution < -0.4 is 58.7 Å². The lowest BCUT2D eigenvalue weighted by molar-refractivity contribution is 0.232. The van der Waals surface area contributed by atoms with Crippen LogP contribution >= 0.6 is 50.2 Å². The van der Waals surface area contributed by atoms with Gasteiger partial charge in [-0.15, -0.1) is 0 Å². The molecule has 0 saturated carbocycles.